The molecule has 1 fully saturated rings. The SMILES string of the molecule is COc1ccc(N2C(=O)/C(=C\c3ccc4c(c3)-c3ccccc3C4)C(=O)NC2=S)cc1. The zero-order valence-electron chi connectivity index (χ0n) is 16.7. The van der Waals surface area contributed by atoms with Gasteiger partial charge in [-0.05, 0) is 82.9 Å². The number of nitrogens with one attached hydrogen (secondary N) is 1. The second-order valence-corrected chi connectivity index (χ2v) is 7.79. The van der Waals surface area contributed by atoms with E-state index in [9.17, 15) is 9.59 Å². The predicted molar refractivity (Wildman–Crippen MR) is 124 cm³/mol. The fourth-order valence-electron chi connectivity index (χ4n) is 4.02. The van der Waals surface area contributed by atoms with Crippen molar-refractivity contribution in [3.05, 3.63) is 89.0 Å². The Balaban J connectivity index is 1.52. The standard InChI is InChI=1S/C25H18N2O3S/c1-30-19-10-8-18(9-11-19)27-24(29)22(23(28)26-25(27)31)13-15-6-7-17-14-16-4-2-3-5-20(16)21(17)12-15/h2-13H,14H2,1H3,(H,26,28,31)/b22-13-. The minimum Gasteiger partial charge on any atom is -0.497 e. The van der Waals surface area contributed by atoms with Crippen molar-refractivity contribution in [2.45, 2.75) is 6.42 Å². The minimum absolute atomic E-state index is 0.0376. The van der Waals surface area contributed by atoms with E-state index in [-0.39, 0.29) is 10.7 Å². The van der Waals surface area contributed by atoms with Crippen molar-refractivity contribution in [2.24, 2.45) is 0 Å². The van der Waals surface area contributed by atoms with Crippen LogP contribution in [0, 0.1) is 0 Å². The largest absolute Gasteiger partial charge is 0.497 e. The van der Waals surface area contributed by atoms with Crippen molar-refractivity contribution in [1.82, 2.24) is 5.32 Å². The summed E-state index contributed by atoms with van der Waals surface area (Å²) < 4.78 is 5.17. The van der Waals surface area contributed by atoms with E-state index in [0.29, 0.717) is 11.4 Å². The van der Waals surface area contributed by atoms with E-state index in [0.717, 1.165) is 17.5 Å². The summed E-state index contributed by atoms with van der Waals surface area (Å²) >= 11 is 5.27. The van der Waals surface area contributed by atoms with E-state index in [2.05, 4.69) is 23.5 Å². The second-order valence-electron chi connectivity index (χ2n) is 7.41. The van der Waals surface area contributed by atoms with Crippen LogP contribution in [-0.4, -0.2) is 24.0 Å². The molecule has 0 spiro atoms. The van der Waals surface area contributed by atoms with Gasteiger partial charge in [-0.2, -0.15) is 0 Å². The van der Waals surface area contributed by atoms with Crippen LogP contribution >= 0.6 is 12.2 Å². The van der Waals surface area contributed by atoms with Crippen LogP contribution in [0.4, 0.5) is 5.69 Å². The Kier molecular flexibility index (Phi) is 4.64. The van der Waals surface area contributed by atoms with Gasteiger partial charge in [0.2, 0.25) is 0 Å². The molecule has 1 aliphatic carbocycles. The number of carbonyl (C=O) groups is 2. The molecule has 0 aromatic heterocycles. The lowest BCUT2D eigenvalue weighted by Gasteiger charge is -2.29. The minimum atomic E-state index is -0.499. The summed E-state index contributed by atoms with van der Waals surface area (Å²) in [6.07, 6.45) is 2.51. The molecule has 1 saturated heterocycles. The first-order valence-electron chi connectivity index (χ1n) is 9.82. The molecule has 0 bridgehead atoms. The van der Waals surface area contributed by atoms with Gasteiger partial charge >= 0.3 is 0 Å². The molecule has 6 heteroatoms. The molecule has 5 rings (SSSR count). The fraction of sp³-hybridized carbons (Fsp3) is 0.0800. The van der Waals surface area contributed by atoms with E-state index >= 15 is 0 Å². The molecular weight excluding hydrogens is 408 g/mol. The molecule has 1 aliphatic heterocycles. The number of hydrogen-bond donors (Lipinski definition) is 1. The summed E-state index contributed by atoms with van der Waals surface area (Å²) in [5.41, 5.74) is 6.24. The molecule has 3 aromatic carbocycles. The Bertz CT molecular complexity index is 1280. The van der Waals surface area contributed by atoms with Crippen molar-refractivity contribution < 1.29 is 14.3 Å². The average Bonchev–Trinajstić information content (AvgIpc) is 3.15. The summed E-state index contributed by atoms with van der Waals surface area (Å²) in [5, 5.41) is 2.68. The molecule has 1 N–H and O–H groups in total. The normalized spacial score (nSPS) is 16.2. The molecule has 2 amide bonds. The molecule has 0 atom stereocenters. The third-order valence-electron chi connectivity index (χ3n) is 5.57. The van der Waals surface area contributed by atoms with E-state index < -0.39 is 11.8 Å². The maximum Gasteiger partial charge on any atom is 0.270 e. The highest BCUT2D eigenvalue weighted by molar-refractivity contribution is 7.80. The Hall–Kier alpha value is -3.77. The summed E-state index contributed by atoms with van der Waals surface area (Å²) in [4.78, 5) is 27.1. The zero-order chi connectivity index (χ0) is 21.5. The topological polar surface area (TPSA) is 58.6 Å². The van der Waals surface area contributed by atoms with Gasteiger partial charge in [0.25, 0.3) is 11.8 Å². The van der Waals surface area contributed by atoms with Crippen LogP contribution in [0.1, 0.15) is 16.7 Å². The second kappa shape index (κ2) is 7.49. The Morgan fingerprint density at radius 2 is 1.71 bits per heavy atom. The molecule has 31 heavy (non-hydrogen) atoms. The number of fused-ring (bicyclic) bond motifs is 3. The third-order valence-corrected chi connectivity index (χ3v) is 5.85. The Morgan fingerprint density at radius 3 is 2.48 bits per heavy atom. The lowest BCUT2D eigenvalue weighted by molar-refractivity contribution is -0.122. The highest BCUT2D eigenvalue weighted by Crippen LogP contribution is 2.37. The molecule has 2 aliphatic rings. The van der Waals surface area contributed by atoms with Crippen molar-refractivity contribution in [2.75, 3.05) is 12.0 Å². The van der Waals surface area contributed by atoms with Crippen LogP contribution in [0.15, 0.2) is 72.3 Å². The molecular formula is C25H18N2O3S. The quantitative estimate of drug-likeness (QED) is 0.304. The number of benzene rings is 3. The monoisotopic (exact) mass is 426 g/mol. The van der Waals surface area contributed by atoms with Crippen LogP contribution < -0.4 is 15.0 Å². The first-order chi connectivity index (χ1) is 15.0. The van der Waals surface area contributed by atoms with Gasteiger partial charge in [-0.25, -0.2) is 0 Å². The number of nitrogens with zero attached hydrogens (tertiary/aromatic N) is 1. The van der Waals surface area contributed by atoms with E-state index in [1.165, 1.54) is 21.6 Å². The zero-order valence-corrected chi connectivity index (χ0v) is 17.5. The number of hydrogen-bond acceptors (Lipinski definition) is 4. The number of carbonyl (C=O) groups excluding carboxylic acids is 2. The number of amides is 2. The molecule has 0 unspecified atom stereocenters. The smallest absolute Gasteiger partial charge is 0.270 e. The molecule has 5 nitrogen and oxygen atoms in total. The van der Waals surface area contributed by atoms with Crippen LogP contribution in [-0.2, 0) is 16.0 Å². The average molecular weight is 426 g/mol. The van der Waals surface area contributed by atoms with Crippen LogP contribution in [0.2, 0.25) is 0 Å². The summed E-state index contributed by atoms with van der Waals surface area (Å²) in [7, 11) is 1.57. The Labute approximate surface area is 185 Å². The van der Waals surface area contributed by atoms with Crippen LogP contribution in [0.3, 0.4) is 0 Å². The molecule has 1 heterocycles. The lowest BCUT2D eigenvalue weighted by atomic mass is 10.0. The number of rotatable bonds is 3. The maximum atomic E-state index is 13.2. The van der Waals surface area contributed by atoms with Crippen molar-refractivity contribution >= 4 is 40.9 Å². The highest BCUT2D eigenvalue weighted by Gasteiger charge is 2.34. The first-order valence-corrected chi connectivity index (χ1v) is 10.2. The van der Waals surface area contributed by atoms with Gasteiger partial charge in [-0.3, -0.25) is 19.8 Å². The van der Waals surface area contributed by atoms with Gasteiger partial charge in [0.15, 0.2) is 5.11 Å². The van der Waals surface area contributed by atoms with E-state index in [1.807, 2.05) is 24.3 Å². The number of thiocarbonyl (C=S) groups is 1. The van der Waals surface area contributed by atoms with Crippen molar-refractivity contribution in [3.8, 4) is 16.9 Å². The van der Waals surface area contributed by atoms with Gasteiger partial charge in [-0.15, -0.1) is 0 Å². The number of methoxy groups -OCH3 is 1. The summed E-state index contributed by atoms with van der Waals surface area (Å²) in [6.45, 7) is 0. The molecule has 3 aromatic rings. The van der Waals surface area contributed by atoms with E-state index in [1.54, 1.807) is 37.5 Å². The van der Waals surface area contributed by atoms with Gasteiger partial charge < -0.3 is 4.74 Å². The van der Waals surface area contributed by atoms with Gasteiger partial charge in [0.1, 0.15) is 11.3 Å². The van der Waals surface area contributed by atoms with Crippen LogP contribution in [0.5, 0.6) is 5.75 Å². The van der Waals surface area contributed by atoms with Crippen molar-refractivity contribution in [1.29, 1.82) is 0 Å². The molecule has 152 valence electrons. The van der Waals surface area contributed by atoms with Gasteiger partial charge in [-0.1, -0.05) is 36.4 Å². The predicted octanol–water partition coefficient (Wildman–Crippen LogP) is 4.10. The van der Waals surface area contributed by atoms with E-state index in [4.69, 9.17) is 17.0 Å². The first kappa shape index (κ1) is 19.2. The fourth-order valence-corrected chi connectivity index (χ4v) is 4.30. The summed E-state index contributed by atoms with van der Waals surface area (Å²) in [5.74, 6) is -0.294. The van der Waals surface area contributed by atoms with Crippen LogP contribution in [0.25, 0.3) is 17.2 Å². The molecule has 0 radical (unpaired) electrons. The number of ether oxygens (including phenoxy) is 1. The van der Waals surface area contributed by atoms with Gasteiger partial charge in [0.05, 0.1) is 12.8 Å². The number of anilines is 1. The van der Waals surface area contributed by atoms with Gasteiger partial charge in [0, 0.05) is 0 Å². The molecule has 0 saturated carbocycles. The third kappa shape index (κ3) is 3.31. The maximum absolute atomic E-state index is 13.2. The van der Waals surface area contributed by atoms with Crippen molar-refractivity contribution in [3.63, 3.8) is 0 Å². The Morgan fingerprint density at radius 1 is 0.968 bits per heavy atom. The summed E-state index contributed by atoms with van der Waals surface area (Å²) in [6, 6.07) is 21.2. The highest BCUT2D eigenvalue weighted by atomic mass is 32.1. The lowest BCUT2D eigenvalue weighted by Crippen LogP contribution is -2.54.